The van der Waals surface area contributed by atoms with E-state index in [1.165, 1.54) is 75.2 Å². The normalized spacial score (nSPS) is 27.0. The topological polar surface area (TPSA) is 0 Å². The summed E-state index contributed by atoms with van der Waals surface area (Å²) in [6, 6.07) is 0. The van der Waals surface area contributed by atoms with Crippen molar-refractivity contribution in [2.75, 3.05) is 0 Å². The minimum absolute atomic E-state index is 0.0856. The van der Waals surface area contributed by atoms with E-state index in [4.69, 9.17) is 0 Å². The zero-order valence-electron chi connectivity index (χ0n) is 18.1. The van der Waals surface area contributed by atoms with Crippen LogP contribution >= 0.6 is 0 Å². The maximum absolute atomic E-state index is 14.9. The molecule has 0 spiro atoms. The van der Waals surface area contributed by atoms with E-state index in [9.17, 15) is 8.78 Å². The van der Waals surface area contributed by atoms with Crippen LogP contribution < -0.4 is 0 Å². The van der Waals surface area contributed by atoms with E-state index in [-0.39, 0.29) is 11.7 Å². The number of allylic oxidation sites excluding steroid dienone is 8. The van der Waals surface area contributed by atoms with Crippen molar-refractivity contribution in [1.29, 1.82) is 0 Å². The zero-order valence-corrected chi connectivity index (χ0v) is 18.1. The van der Waals surface area contributed by atoms with Gasteiger partial charge in [-0.2, -0.15) is 0 Å². The molecule has 2 aliphatic rings. The third-order valence-electron chi connectivity index (χ3n) is 6.56. The van der Waals surface area contributed by atoms with E-state index in [1.807, 2.05) is 0 Å². The molecule has 0 saturated heterocycles. The Kier molecular flexibility index (Phi) is 10.2. The number of hydrogen-bond donors (Lipinski definition) is 0. The number of rotatable bonds is 13. The highest BCUT2D eigenvalue weighted by molar-refractivity contribution is 5.33. The molecular formula is C26H40F2. The molecule has 0 aromatic heterocycles. The van der Waals surface area contributed by atoms with Crippen molar-refractivity contribution < 1.29 is 8.78 Å². The molecule has 0 N–H and O–H groups in total. The molecule has 28 heavy (non-hydrogen) atoms. The highest BCUT2D eigenvalue weighted by atomic mass is 19.1. The van der Waals surface area contributed by atoms with Crippen molar-refractivity contribution in [2.24, 2.45) is 11.3 Å². The van der Waals surface area contributed by atoms with Gasteiger partial charge in [0.15, 0.2) is 0 Å². The number of halogens is 2. The Balaban J connectivity index is 1.82. The molecule has 2 heteroatoms. The molecule has 0 fully saturated rings. The first kappa shape index (κ1) is 23.1. The highest BCUT2D eigenvalue weighted by Gasteiger charge is 2.48. The van der Waals surface area contributed by atoms with Gasteiger partial charge in [-0.15, -0.1) is 0 Å². The molecule has 0 saturated carbocycles. The van der Waals surface area contributed by atoms with Crippen LogP contribution in [-0.4, -0.2) is 6.17 Å². The van der Waals surface area contributed by atoms with E-state index in [2.05, 4.69) is 32.1 Å². The fourth-order valence-corrected chi connectivity index (χ4v) is 4.68. The molecule has 0 heterocycles. The molecule has 2 rings (SSSR count). The van der Waals surface area contributed by atoms with Crippen LogP contribution in [0, 0.1) is 11.3 Å². The van der Waals surface area contributed by atoms with Crippen molar-refractivity contribution in [3.05, 3.63) is 47.9 Å². The third kappa shape index (κ3) is 6.16. The van der Waals surface area contributed by atoms with Crippen molar-refractivity contribution in [1.82, 2.24) is 0 Å². The number of hydrogen-bond acceptors (Lipinski definition) is 0. The first-order chi connectivity index (χ1) is 13.6. The van der Waals surface area contributed by atoms with Crippen LogP contribution in [0.15, 0.2) is 47.9 Å². The van der Waals surface area contributed by atoms with Gasteiger partial charge in [0.2, 0.25) is 0 Å². The second-order valence-electron chi connectivity index (χ2n) is 8.65. The summed E-state index contributed by atoms with van der Waals surface area (Å²) >= 11 is 0. The summed E-state index contributed by atoms with van der Waals surface area (Å²) in [5, 5.41) is 0. The van der Waals surface area contributed by atoms with Crippen LogP contribution in [0.4, 0.5) is 8.78 Å². The molecule has 0 bridgehead atoms. The summed E-state index contributed by atoms with van der Waals surface area (Å²) < 4.78 is 29.8. The lowest BCUT2D eigenvalue weighted by Gasteiger charge is -2.42. The van der Waals surface area contributed by atoms with Crippen molar-refractivity contribution in [3.63, 3.8) is 0 Å². The quantitative estimate of drug-likeness (QED) is 0.275. The van der Waals surface area contributed by atoms with Crippen LogP contribution in [0.2, 0.25) is 0 Å². The van der Waals surface area contributed by atoms with Crippen molar-refractivity contribution in [2.45, 2.75) is 103 Å². The Hall–Kier alpha value is -1.18. The first-order valence-electron chi connectivity index (χ1n) is 11.7. The van der Waals surface area contributed by atoms with Crippen LogP contribution in [0.1, 0.15) is 97.3 Å². The van der Waals surface area contributed by atoms with Crippen LogP contribution in [0.3, 0.4) is 0 Å². The molecular weight excluding hydrogens is 350 g/mol. The lowest BCUT2D eigenvalue weighted by molar-refractivity contribution is 0.0867. The summed E-state index contributed by atoms with van der Waals surface area (Å²) in [7, 11) is 0. The molecule has 2 aliphatic carbocycles. The van der Waals surface area contributed by atoms with Crippen molar-refractivity contribution in [3.8, 4) is 0 Å². The van der Waals surface area contributed by atoms with Gasteiger partial charge < -0.3 is 0 Å². The number of unbranched alkanes of at least 4 members (excludes halogenated alkanes) is 8. The molecule has 158 valence electrons. The lowest BCUT2D eigenvalue weighted by atomic mass is 9.64. The van der Waals surface area contributed by atoms with Crippen LogP contribution in [0.25, 0.3) is 0 Å². The maximum Gasteiger partial charge on any atom is 0.131 e. The summed E-state index contributed by atoms with van der Waals surface area (Å²) in [5.41, 5.74) is 0.348. The van der Waals surface area contributed by atoms with Gasteiger partial charge in [0.1, 0.15) is 12.0 Å². The van der Waals surface area contributed by atoms with Crippen molar-refractivity contribution >= 4 is 0 Å². The van der Waals surface area contributed by atoms with Crippen LogP contribution in [-0.2, 0) is 0 Å². The van der Waals surface area contributed by atoms with Gasteiger partial charge in [0, 0.05) is 0 Å². The summed E-state index contributed by atoms with van der Waals surface area (Å²) in [5.74, 6) is -0.358. The smallest absolute Gasteiger partial charge is 0.131 e. The fraction of sp³-hybridized carbons (Fsp3) is 0.692. The second kappa shape index (κ2) is 12.4. The first-order valence-corrected chi connectivity index (χ1v) is 11.7. The predicted molar refractivity (Wildman–Crippen MR) is 118 cm³/mol. The summed E-state index contributed by atoms with van der Waals surface area (Å²) in [4.78, 5) is 0. The average Bonchev–Trinajstić information content (AvgIpc) is 2.71. The minimum atomic E-state index is -1.23. The van der Waals surface area contributed by atoms with Gasteiger partial charge in [-0.1, -0.05) is 102 Å². The van der Waals surface area contributed by atoms with E-state index < -0.39 is 11.6 Å². The molecule has 3 unspecified atom stereocenters. The number of alkyl halides is 1. The molecule has 3 atom stereocenters. The minimum Gasteiger partial charge on any atom is -0.242 e. The monoisotopic (exact) mass is 390 g/mol. The largest absolute Gasteiger partial charge is 0.242 e. The molecule has 0 aliphatic heterocycles. The second-order valence-corrected chi connectivity index (χ2v) is 8.65. The standard InChI is InChI=1S/C26H40F2/c1-3-5-7-8-9-10-11-12-14-22-17-19-23(20-18-22)26(21-6-4-2)24(27)15-13-16-25(26)28/h13,15-19,23-24H,3-12,14,20-21H2,1-2H3. The van der Waals surface area contributed by atoms with E-state index in [1.54, 1.807) is 0 Å². The highest BCUT2D eigenvalue weighted by Crippen LogP contribution is 2.51. The van der Waals surface area contributed by atoms with Gasteiger partial charge in [-0.3, -0.25) is 0 Å². The molecule has 0 aromatic carbocycles. The Morgan fingerprint density at radius 3 is 2.21 bits per heavy atom. The van der Waals surface area contributed by atoms with Crippen LogP contribution in [0.5, 0.6) is 0 Å². The molecule has 0 aromatic rings. The Morgan fingerprint density at radius 1 is 0.929 bits per heavy atom. The lowest BCUT2D eigenvalue weighted by Crippen LogP contribution is -2.40. The zero-order chi connectivity index (χ0) is 20.2. The van der Waals surface area contributed by atoms with E-state index in [0.717, 1.165) is 25.7 Å². The van der Waals surface area contributed by atoms with E-state index >= 15 is 0 Å². The Morgan fingerprint density at radius 2 is 1.61 bits per heavy atom. The Labute approximate surface area is 171 Å². The molecule has 0 amide bonds. The third-order valence-corrected chi connectivity index (χ3v) is 6.56. The van der Waals surface area contributed by atoms with Gasteiger partial charge in [0.05, 0.1) is 5.41 Å². The van der Waals surface area contributed by atoms with Gasteiger partial charge >= 0.3 is 0 Å². The Bertz CT molecular complexity index is 569. The van der Waals surface area contributed by atoms with E-state index in [0.29, 0.717) is 6.42 Å². The van der Waals surface area contributed by atoms with Gasteiger partial charge in [0.25, 0.3) is 0 Å². The maximum atomic E-state index is 14.9. The SMILES string of the molecule is CCCCCCCCCCC1=CCC(C2(CCCC)C(F)=CC=CC2F)C=C1. The summed E-state index contributed by atoms with van der Waals surface area (Å²) in [6.45, 7) is 4.34. The van der Waals surface area contributed by atoms with Gasteiger partial charge in [-0.05, 0) is 43.8 Å². The molecule has 0 nitrogen and oxygen atoms in total. The summed E-state index contributed by atoms with van der Waals surface area (Å²) in [6.07, 6.45) is 24.6. The predicted octanol–water partition coefficient (Wildman–Crippen LogP) is 8.96. The molecule has 0 radical (unpaired) electrons. The van der Waals surface area contributed by atoms with Gasteiger partial charge in [-0.25, -0.2) is 8.78 Å². The average molecular weight is 391 g/mol. The fourth-order valence-electron chi connectivity index (χ4n) is 4.68.